The Kier molecular flexibility index (Phi) is 3.71. The normalized spacial score (nSPS) is 21.2. The first-order valence-electron chi connectivity index (χ1n) is 7.05. The molecule has 1 amide bonds. The molecule has 1 atom stereocenters. The largest absolute Gasteiger partial charge is 0.378 e. The predicted octanol–water partition coefficient (Wildman–Crippen LogP) is 2.45. The number of halogens is 2. The van der Waals surface area contributed by atoms with Crippen LogP contribution in [-0.4, -0.2) is 30.9 Å². The number of fused-ring (bicyclic) bond motifs is 1. The van der Waals surface area contributed by atoms with Crippen LogP contribution >= 0.6 is 0 Å². The molecule has 1 fully saturated rings. The van der Waals surface area contributed by atoms with Crippen LogP contribution in [0.15, 0.2) is 12.1 Å². The quantitative estimate of drug-likeness (QED) is 0.802. The minimum atomic E-state index is -0.982. The smallest absolute Gasteiger partial charge is 0.299 e. The van der Waals surface area contributed by atoms with Gasteiger partial charge >= 0.3 is 0 Å². The number of rotatable bonds is 4. The summed E-state index contributed by atoms with van der Waals surface area (Å²) in [5, 5.41) is 0. The SMILES string of the molecule is O=C1C(=O)N(CCCC2CCCO2)c2cc(F)cc(F)c21. The molecule has 1 aromatic rings. The Morgan fingerprint density at radius 1 is 1.29 bits per heavy atom. The first-order chi connectivity index (χ1) is 10.1. The van der Waals surface area contributed by atoms with Crippen LogP contribution < -0.4 is 4.90 Å². The highest BCUT2D eigenvalue weighted by molar-refractivity contribution is 6.52. The fraction of sp³-hybridized carbons (Fsp3) is 0.467. The lowest BCUT2D eigenvalue weighted by molar-refractivity contribution is -0.114. The van der Waals surface area contributed by atoms with Crippen molar-refractivity contribution in [3.05, 3.63) is 29.3 Å². The molecule has 6 heteroatoms. The molecule has 0 bridgehead atoms. The van der Waals surface area contributed by atoms with E-state index in [-0.39, 0.29) is 23.9 Å². The van der Waals surface area contributed by atoms with Crippen LogP contribution in [0.4, 0.5) is 14.5 Å². The van der Waals surface area contributed by atoms with E-state index in [9.17, 15) is 18.4 Å². The summed E-state index contributed by atoms with van der Waals surface area (Å²) in [5.41, 5.74) is -0.284. The summed E-state index contributed by atoms with van der Waals surface area (Å²) in [7, 11) is 0. The number of Topliss-reactive ketones (excluding diaryl/α,β-unsaturated/α-hetero) is 1. The molecule has 0 aliphatic carbocycles. The van der Waals surface area contributed by atoms with Crippen LogP contribution in [0.2, 0.25) is 0 Å². The van der Waals surface area contributed by atoms with Gasteiger partial charge in [-0.1, -0.05) is 0 Å². The number of hydrogen-bond acceptors (Lipinski definition) is 3. The number of ketones is 1. The number of nitrogens with zero attached hydrogens (tertiary/aromatic N) is 1. The van der Waals surface area contributed by atoms with Crippen molar-refractivity contribution in [2.75, 3.05) is 18.1 Å². The fourth-order valence-corrected chi connectivity index (χ4v) is 2.91. The molecule has 0 saturated carbocycles. The van der Waals surface area contributed by atoms with Gasteiger partial charge in [0.15, 0.2) is 0 Å². The maximum absolute atomic E-state index is 13.7. The maximum Gasteiger partial charge on any atom is 0.299 e. The third kappa shape index (κ3) is 2.55. The van der Waals surface area contributed by atoms with Gasteiger partial charge in [0.1, 0.15) is 11.6 Å². The highest BCUT2D eigenvalue weighted by Gasteiger charge is 2.38. The summed E-state index contributed by atoms with van der Waals surface area (Å²) in [4.78, 5) is 24.9. The summed E-state index contributed by atoms with van der Waals surface area (Å²) in [6.07, 6.45) is 3.60. The van der Waals surface area contributed by atoms with Gasteiger partial charge in [-0.05, 0) is 31.7 Å². The number of amides is 1. The molecule has 1 aromatic carbocycles. The fourth-order valence-electron chi connectivity index (χ4n) is 2.91. The van der Waals surface area contributed by atoms with Crippen molar-refractivity contribution in [1.29, 1.82) is 0 Å². The van der Waals surface area contributed by atoms with Crippen molar-refractivity contribution in [2.24, 2.45) is 0 Å². The van der Waals surface area contributed by atoms with Crippen LogP contribution in [0.5, 0.6) is 0 Å². The number of hydrogen-bond donors (Lipinski definition) is 0. The summed E-state index contributed by atoms with van der Waals surface area (Å²) < 4.78 is 32.4. The molecule has 2 aliphatic rings. The molecule has 0 aromatic heterocycles. The van der Waals surface area contributed by atoms with Gasteiger partial charge in [-0.25, -0.2) is 8.78 Å². The second kappa shape index (κ2) is 5.52. The molecule has 1 unspecified atom stereocenters. The van der Waals surface area contributed by atoms with E-state index in [1.54, 1.807) is 0 Å². The maximum atomic E-state index is 13.7. The van der Waals surface area contributed by atoms with Crippen molar-refractivity contribution in [1.82, 2.24) is 0 Å². The average molecular weight is 295 g/mol. The number of carbonyl (C=O) groups is 2. The molecule has 4 nitrogen and oxygen atoms in total. The van der Waals surface area contributed by atoms with E-state index in [1.165, 1.54) is 4.90 Å². The lowest BCUT2D eigenvalue weighted by Gasteiger charge is -2.17. The molecular formula is C15H15F2NO3. The van der Waals surface area contributed by atoms with Gasteiger partial charge in [0.2, 0.25) is 0 Å². The third-order valence-electron chi connectivity index (χ3n) is 3.92. The van der Waals surface area contributed by atoms with Crippen molar-refractivity contribution in [3.8, 4) is 0 Å². The van der Waals surface area contributed by atoms with Gasteiger partial charge in [-0.3, -0.25) is 9.59 Å². The number of anilines is 1. The van der Waals surface area contributed by atoms with Crippen molar-refractivity contribution in [2.45, 2.75) is 31.8 Å². The predicted molar refractivity (Wildman–Crippen MR) is 71.2 cm³/mol. The van der Waals surface area contributed by atoms with Gasteiger partial charge < -0.3 is 9.64 Å². The second-order valence-electron chi connectivity index (χ2n) is 5.34. The van der Waals surface area contributed by atoms with Gasteiger partial charge in [0.25, 0.3) is 11.7 Å². The molecule has 0 radical (unpaired) electrons. The van der Waals surface area contributed by atoms with Crippen molar-refractivity contribution < 1.29 is 23.1 Å². The summed E-state index contributed by atoms with van der Waals surface area (Å²) in [6.45, 7) is 1.02. The summed E-state index contributed by atoms with van der Waals surface area (Å²) >= 11 is 0. The second-order valence-corrected chi connectivity index (χ2v) is 5.34. The molecule has 21 heavy (non-hydrogen) atoms. The summed E-state index contributed by atoms with van der Waals surface area (Å²) in [5.74, 6) is -3.47. The first kappa shape index (κ1) is 14.1. The van der Waals surface area contributed by atoms with E-state index in [1.807, 2.05) is 0 Å². The minimum absolute atomic E-state index is 0.0369. The lowest BCUT2D eigenvalue weighted by Crippen LogP contribution is -2.31. The Hall–Kier alpha value is -1.82. The Morgan fingerprint density at radius 2 is 2.10 bits per heavy atom. The molecule has 112 valence electrons. The highest BCUT2D eigenvalue weighted by atomic mass is 19.1. The lowest BCUT2D eigenvalue weighted by atomic mass is 10.1. The minimum Gasteiger partial charge on any atom is -0.378 e. The van der Waals surface area contributed by atoms with Crippen LogP contribution in [0.3, 0.4) is 0 Å². The monoisotopic (exact) mass is 295 g/mol. The molecule has 2 heterocycles. The van der Waals surface area contributed by atoms with Crippen molar-refractivity contribution in [3.63, 3.8) is 0 Å². The Morgan fingerprint density at radius 3 is 2.81 bits per heavy atom. The molecule has 0 spiro atoms. The van der Waals surface area contributed by atoms with E-state index in [0.29, 0.717) is 12.5 Å². The standard InChI is InChI=1S/C15H15F2NO3/c16-9-7-11(17)13-12(8-9)18(15(20)14(13)19)5-1-3-10-4-2-6-21-10/h7-8,10H,1-6H2. The zero-order valence-electron chi connectivity index (χ0n) is 11.4. The van der Waals surface area contributed by atoms with E-state index >= 15 is 0 Å². The number of benzene rings is 1. The summed E-state index contributed by atoms with van der Waals surface area (Å²) in [6, 6.07) is 1.66. The van der Waals surface area contributed by atoms with Crippen LogP contribution in [0.25, 0.3) is 0 Å². The number of carbonyl (C=O) groups excluding carboxylic acids is 2. The van der Waals surface area contributed by atoms with E-state index in [0.717, 1.165) is 31.9 Å². The van der Waals surface area contributed by atoms with E-state index in [2.05, 4.69) is 0 Å². The highest BCUT2D eigenvalue weighted by Crippen LogP contribution is 2.32. The zero-order valence-corrected chi connectivity index (χ0v) is 11.4. The Labute approximate surface area is 120 Å². The Balaban J connectivity index is 1.74. The average Bonchev–Trinajstić information content (AvgIpc) is 3.01. The van der Waals surface area contributed by atoms with Gasteiger partial charge in [0, 0.05) is 19.2 Å². The van der Waals surface area contributed by atoms with E-state index in [4.69, 9.17) is 4.74 Å². The first-order valence-corrected chi connectivity index (χ1v) is 7.05. The number of ether oxygens (including phenoxy) is 1. The molecule has 2 aliphatic heterocycles. The zero-order chi connectivity index (χ0) is 15.0. The van der Waals surface area contributed by atoms with Crippen LogP contribution in [0.1, 0.15) is 36.0 Å². The molecule has 0 N–H and O–H groups in total. The van der Waals surface area contributed by atoms with E-state index < -0.39 is 23.3 Å². The molecule has 3 rings (SSSR count). The molecular weight excluding hydrogens is 280 g/mol. The Bertz CT molecular complexity index is 597. The van der Waals surface area contributed by atoms with Gasteiger partial charge in [-0.15, -0.1) is 0 Å². The third-order valence-corrected chi connectivity index (χ3v) is 3.92. The van der Waals surface area contributed by atoms with Gasteiger partial charge in [0.05, 0.1) is 17.4 Å². The van der Waals surface area contributed by atoms with Crippen LogP contribution in [0, 0.1) is 11.6 Å². The topological polar surface area (TPSA) is 46.6 Å². The molecule has 1 saturated heterocycles. The van der Waals surface area contributed by atoms with Crippen molar-refractivity contribution >= 4 is 17.4 Å². The van der Waals surface area contributed by atoms with Crippen LogP contribution in [-0.2, 0) is 9.53 Å². The van der Waals surface area contributed by atoms with Gasteiger partial charge in [-0.2, -0.15) is 0 Å².